The van der Waals surface area contributed by atoms with Crippen molar-refractivity contribution in [3.8, 4) is 0 Å². The summed E-state index contributed by atoms with van der Waals surface area (Å²) in [5.41, 5.74) is 0. The molecule has 0 aliphatic heterocycles. The van der Waals surface area contributed by atoms with Gasteiger partial charge in [-0.05, 0) is 13.3 Å². The highest BCUT2D eigenvalue weighted by atomic mass is 32.2. The van der Waals surface area contributed by atoms with Crippen molar-refractivity contribution < 1.29 is 23.1 Å². The molecule has 0 saturated carbocycles. The molecule has 2 atom stereocenters. The number of carbonyl (C=O) groups is 1. The number of rotatable bonds is 6. The predicted molar refractivity (Wildman–Crippen MR) is 54.7 cm³/mol. The van der Waals surface area contributed by atoms with Crippen LogP contribution in [0.5, 0.6) is 0 Å². The van der Waals surface area contributed by atoms with Crippen LogP contribution in [0.3, 0.4) is 0 Å². The van der Waals surface area contributed by atoms with Crippen molar-refractivity contribution in [2.45, 2.75) is 31.6 Å². The Morgan fingerprint density at radius 3 is 2.47 bits per heavy atom. The molecule has 0 amide bonds. The summed E-state index contributed by atoms with van der Waals surface area (Å²) >= 11 is 0. The average molecular weight is 239 g/mol. The highest BCUT2D eigenvalue weighted by Gasteiger charge is 2.28. The Labute approximate surface area is 89.7 Å². The summed E-state index contributed by atoms with van der Waals surface area (Å²) in [4.78, 5) is 11.0. The minimum Gasteiger partial charge on any atom is -0.468 e. The second kappa shape index (κ2) is 6.04. The van der Waals surface area contributed by atoms with Gasteiger partial charge in [0.05, 0.1) is 13.2 Å². The second-order valence-corrected chi connectivity index (χ2v) is 5.21. The highest BCUT2D eigenvalue weighted by Crippen LogP contribution is 2.01. The van der Waals surface area contributed by atoms with Crippen molar-refractivity contribution in [3.63, 3.8) is 0 Å². The fraction of sp³-hybridized carbons (Fsp3) is 0.875. The van der Waals surface area contributed by atoms with E-state index in [2.05, 4.69) is 9.46 Å². The lowest BCUT2D eigenvalue weighted by Crippen LogP contribution is -2.41. The molecule has 15 heavy (non-hydrogen) atoms. The summed E-state index contributed by atoms with van der Waals surface area (Å²) in [6.07, 6.45) is -0.306. The molecule has 6 nitrogen and oxygen atoms in total. The molecule has 0 rings (SSSR count). The maximum atomic E-state index is 11.4. The molecule has 0 fully saturated rings. The molecule has 0 heterocycles. The van der Waals surface area contributed by atoms with Crippen LogP contribution in [0.15, 0.2) is 0 Å². The van der Waals surface area contributed by atoms with Crippen LogP contribution in [0.25, 0.3) is 0 Å². The van der Waals surface area contributed by atoms with Crippen LogP contribution in [0.2, 0.25) is 0 Å². The zero-order valence-corrected chi connectivity index (χ0v) is 9.87. The van der Waals surface area contributed by atoms with Gasteiger partial charge in [-0.3, -0.25) is 4.79 Å². The molecule has 0 saturated heterocycles. The van der Waals surface area contributed by atoms with Gasteiger partial charge in [0.25, 0.3) is 0 Å². The first kappa shape index (κ1) is 14.3. The molecule has 90 valence electrons. The number of hydrogen-bond donors (Lipinski definition) is 2. The third kappa shape index (κ3) is 4.59. The van der Waals surface area contributed by atoms with Crippen molar-refractivity contribution in [2.24, 2.45) is 0 Å². The fourth-order valence-corrected chi connectivity index (χ4v) is 1.80. The highest BCUT2D eigenvalue weighted by molar-refractivity contribution is 7.90. The standard InChI is InChI=1S/C8H17NO5S/c1-4-7(10)5-9-15(12,13)6(2)8(11)14-3/h6-7,9-10H,4-5H2,1-3H3. The van der Waals surface area contributed by atoms with Crippen LogP contribution in [0.4, 0.5) is 0 Å². The van der Waals surface area contributed by atoms with Crippen molar-refractivity contribution in [1.29, 1.82) is 0 Å². The Morgan fingerprint density at radius 1 is 1.53 bits per heavy atom. The topological polar surface area (TPSA) is 92.7 Å². The van der Waals surface area contributed by atoms with E-state index in [1.165, 1.54) is 6.92 Å². The molecule has 0 spiro atoms. The van der Waals surface area contributed by atoms with Gasteiger partial charge in [-0.15, -0.1) is 0 Å². The quantitative estimate of drug-likeness (QED) is 0.594. The summed E-state index contributed by atoms with van der Waals surface area (Å²) < 4.78 is 29.3. The fourth-order valence-electron chi connectivity index (χ4n) is 0.774. The van der Waals surface area contributed by atoms with Crippen LogP contribution in [0, 0.1) is 0 Å². The third-order valence-corrected chi connectivity index (χ3v) is 3.68. The number of ether oxygens (including phenoxy) is 1. The van der Waals surface area contributed by atoms with Gasteiger partial charge in [0.1, 0.15) is 0 Å². The van der Waals surface area contributed by atoms with Crippen LogP contribution in [0.1, 0.15) is 20.3 Å². The van der Waals surface area contributed by atoms with Crippen LogP contribution >= 0.6 is 0 Å². The maximum absolute atomic E-state index is 11.4. The Bertz CT molecular complexity index is 300. The summed E-state index contributed by atoms with van der Waals surface area (Å²) in [5.74, 6) is -0.825. The lowest BCUT2D eigenvalue weighted by molar-refractivity contribution is -0.139. The van der Waals surface area contributed by atoms with Gasteiger partial charge in [0, 0.05) is 6.54 Å². The smallest absolute Gasteiger partial charge is 0.325 e. The largest absolute Gasteiger partial charge is 0.468 e. The zero-order chi connectivity index (χ0) is 12.1. The van der Waals surface area contributed by atoms with E-state index >= 15 is 0 Å². The van der Waals surface area contributed by atoms with Gasteiger partial charge in [-0.2, -0.15) is 0 Å². The summed E-state index contributed by atoms with van der Waals surface area (Å²) in [7, 11) is -2.64. The van der Waals surface area contributed by atoms with E-state index in [-0.39, 0.29) is 6.54 Å². The van der Waals surface area contributed by atoms with Crippen molar-refractivity contribution in [3.05, 3.63) is 0 Å². The first-order chi connectivity index (χ1) is 6.85. The zero-order valence-electron chi connectivity index (χ0n) is 9.06. The number of hydrogen-bond acceptors (Lipinski definition) is 5. The Kier molecular flexibility index (Phi) is 5.77. The molecule has 0 aromatic carbocycles. The van der Waals surface area contributed by atoms with Crippen molar-refractivity contribution in [1.82, 2.24) is 4.72 Å². The number of carbonyl (C=O) groups excluding carboxylic acids is 1. The second-order valence-electron chi connectivity index (χ2n) is 3.12. The number of sulfonamides is 1. The first-order valence-corrected chi connectivity index (χ1v) is 6.14. The maximum Gasteiger partial charge on any atom is 0.325 e. The van der Waals surface area contributed by atoms with E-state index in [9.17, 15) is 13.2 Å². The minimum absolute atomic E-state index is 0.0971. The SMILES string of the molecule is CCC(O)CNS(=O)(=O)C(C)C(=O)OC. The van der Waals surface area contributed by atoms with Crippen LogP contribution in [-0.2, 0) is 19.6 Å². The normalized spacial score (nSPS) is 15.7. The molecule has 0 aliphatic carbocycles. The van der Waals surface area contributed by atoms with Gasteiger partial charge in [0.15, 0.2) is 5.25 Å². The molecule has 0 radical (unpaired) electrons. The number of methoxy groups -OCH3 is 1. The monoisotopic (exact) mass is 239 g/mol. The van der Waals surface area contributed by atoms with E-state index in [4.69, 9.17) is 5.11 Å². The molecule has 2 N–H and O–H groups in total. The summed E-state index contributed by atoms with van der Waals surface area (Å²) in [6.45, 7) is 2.86. The molecule has 0 aromatic heterocycles. The van der Waals surface area contributed by atoms with Gasteiger partial charge in [0.2, 0.25) is 10.0 Å². The van der Waals surface area contributed by atoms with E-state index in [0.29, 0.717) is 6.42 Å². The Hall–Kier alpha value is -0.660. The van der Waals surface area contributed by atoms with Crippen LogP contribution < -0.4 is 4.72 Å². The van der Waals surface area contributed by atoms with Gasteiger partial charge < -0.3 is 9.84 Å². The molecule has 7 heteroatoms. The minimum atomic E-state index is -3.76. The van der Waals surface area contributed by atoms with Gasteiger partial charge in [-0.25, -0.2) is 13.1 Å². The van der Waals surface area contributed by atoms with Gasteiger partial charge >= 0.3 is 5.97 Å². The van der Waals surface area contributed by atoms with E-state index in [1.54, 1.807) is 6.92 Å². The van der Waals surface area contributed by atoms with Crippen molar-refractivity contribution in [2.75, 3.05) is 13.7 Å². The number of aliphatic hydroxyl groups excluding tert-OH is 1. The molecule has 0 bridgehead atoms. The van der Waals surface area contributed by atoms with E-state index in [1.807, 2.05) is 0 Å². The Morgan fingerprint density at radius 2 is 2.07 bits per heavy atom. The van der Waals surface area contributed by atoms with E-state index in [0.717, 1.165) is 7.11 Å². The lowest BCUT2D eigenvalue weighted by Gasteiger charge is -2.13. The Balaban J connectivity index is 4.36. The first-order valence-electron chi connectivity index (χ1n) is 4.59. The molecule has 0 aliphatic rings. The third-order valence-electron chi connectivity index (χ3n) is 1.99. The molecular weight excluding hydrogens is 222 g/mol. The number of esters is 1. The number of nitrogens with one attached hydrogen (secondary N) is 1. The number of aliphatic hydroxyl groups is 1. The van der Waals surface area contributed by atoms with Crippen molar-refractivity contribution >= 4 is 16.0 Å². The average Bonchev–Trinajstić information content (AvgIpc) is 2.23. The lowest BCUT2D eigenvalue weighted by atomic mass is 10.3. The summed E-state index contributed by atoms with van der Waals surface area (Å²) in [6, 6.07) is 0. The van der Waals surface area contributed by atoms with Crippen LogP contribution in [-0.4, -0.2) is 44.5 Å². The molecular formula is C8H17NO5S. The molecule has 0 aromatic rings. The molecule has 2 unspecified atom stereocenters. The van der Waals surface area contributed by atoms with Gasteiger partial charge in [-0.1, -0.05) is 6.92 Å². The van der Waals surface area contributed by atoms with E-state index < -0.39 is 27.3 Å². The predicted octanol–water partition coefficient (Wildman–Crippen LogP) is -0.762. The summed E-state index contributed by atoms with van der Waals surface area (Å²) in [5, 5.41) is 7.88.